The molecule has 1 rings (SSSR count). The molecule has 0 unspecified atom stereocenters. The Hall–Kier alpha value is 0.0700. The third-order valence-corrected chi connectivity index (χ3v) is 4.30. The van der Waals surface area contributed by atoms with E-state index in [1.54, 1.807) is 45.2 Å². The van der Waals surface area contributed by atoms with Crippen LogP contribution in [0.1, 0.15) is 0 Å². The minimum Gasteiger partial charge on any atom is -0.477 e. The number of hydrogen-bond acceptors (Lipinski definition) is 3. The normalized spacial score (nSPS) is 12.1. The van der Waals surface area contributed by atoms with Crippen LogP contribution in [0.15, 0.2) is 12.1 Å². The van der Waals surface area contributed by atoms with Crippen LogP contribution in [0.4, 0.5) is 17.6 Å². The van der Waals surface area contributed by atoms with Gasteiger partial charge in [0.25, 0.3) is 0 Å². The van der Waals surface area contributed by atoms with Crippen LogP contribution in [0.25, 0.3) is 0 Å². The van der Waals surface area contributed by atoms with Gasteiger partial charge in [-0.15, -0.1) is 0 Å². The van der Waals surface area contributed by atoms with Gasteiger partial charge in [0.05, 0.1) is 7.14 Å². The molecule has 1 aromatic rings. The number of carbonyl (C=O) groups excluding carboxylic acids is 1. The second-order valence-corrected chi connectivity index (χ2v) is 7.11. The van der Waals surface area contributed by atoms with Crippen LogP contribution in [0.2, 0.25) is 0 Å². The second kappa shape index (κ2) is 6.67. The highest BCUT2D eigenvalue weighted by atomic mass is 127. The number of ether oxygens (including phenoxy) is 1. The lowest BCUT2D eigenvalue weighted by Crippen LogP contribution is -2.54. The molecule has 0 saturated carbocycles. The lowest BCUT2D eigenvalue weighted by atomic mass is 10.2. The van der Waals surface area contributed by atoms with Gasteiger partial charge < -0.3 is 9.84 Å². The number of esters is 1. The highest BCUT2D eigenvalue weighted by Crippen LogP contribution is 2.37. The standard InChI is InChI=1S/C10H3F4I3O4/c11-9(12,7(18)19)10(13,14)8(20)21-6-4(16)1-3(15)2-5(6)17/h1-2H,(H,18,19). The first kappa shape index (κ1) is 19.1. The molecule has 116 valence electrons. The van der Waals surface area contributed by atoms with Gasteiger partial charge in [-0.2, -0.15) is 17.6 Å². The number of carbonyl (C=O) groups is 2. The molecule has 0 aliphatic heterocycles. The second-order valence-electron chi connectivity index (χ2n) is 3.54. The Morgan fingerprint density at radius 3 is 1.81 bits per heavy atom. The molecule has 0 aromatic heterocycles. The van der Waals surface area contributed by atoms with Crippen molar-refractivity contribution in [2.45, 2.75) is 11.8 Å². The van der Waals surface area contributed by atoms with Crippen molar-refractivity contribution >= 4 is 79.7 Å². The van der Waals surface area contributed by atoms with Gasteiger partial charge in [-0.05, 0) is 79.9 Å². The average Bonchev–Trinajstić information content (AvgIpc) is 2.32. The Morgan fingerprint density at radius 1 is 1.00 bits per heavy atom. The number of benzene rings is 1. The highest BCUT2D eigenvalue weighted by molar-refractivity contribution is 14.1. The number of carboxylic acids is 1. The molecular weight excluding hydrogens is 641 g/mol. The summed E-state index contributed by atoms with van der Waals surface area (Å²) in [5.41, 5.74) is 0. The molecule has 0 radical (unpaired) electrons. The van der Waals surface area contributed by atoms with Gasteiger partial charge in [0, 0.05) is 3.57 Å². The average molecular weight is 644 g/mol. The van der Waals surface area contributed by atoms with Crippen LogP contribution >= 0.6 is 67.8 Å². The first-order valence-corrected chi connectivity index (χ1v) is 8.00. The van der Waals surface area contributed by atoms with Gasteiger partial charge in [0.1, 0.15) is 0 Å². The SMILES string of the molecule is O=C(O)C(F)(F)C(F)(F)C(=O)Oc1c(I)cc(I)cc1I. The van der Waals surface area contributed by atoms with Gasteiger partial charge in [-0.25, -0.2) is 9.59 Å². The predicted molar refractivity (Wildman–Crippen MR) is 87.8 cm³/mol. The summed E-state index contributed by atoms with van der Waals surface area (Å²) in [6.45, 7) is 0. The van der Waals surface area contributed by atoms with E-state index >= 15 is 0 Å². The summed E-state index contributed by atoms with van der Waals surface area (Å²) in [5, 5.41) is 8.10. The van der Waals surface area contributed by atoms with E-state index in [0.29, 0.717) is 3.57 Å². The molecule has 0 bridgehead atoms. The molecular formula is C10H3F4I3O4. The maximum atomic E-state index is 13.3. The minimum atomic E-state index is -5.57. The largest absolute Gasteiger partial charge is 0.477 e. The monoisotopic (exact) mass is 644 g/mol. The maximum absolute atomic E-state index is 13.3. The Labute approximate surface area is 156 Å². The number of aliphatic carboxylic acids is 1. The van der Waals surface area contributed by atoms with Crippen LogP contribution in [-0.4, -0.2) is 28.9 Å². The van der Waals surface area contributed by atoms with Gasteiger partial charge in [-0.3, -0.25) is 0 Å². The van der Waals surface area contributed by atoms with Gasteiger partial charge in [0.15, 0.2) is 5.75 Å². The zero-order chi connectivity index (χ0) is 16.6. The van der Waals surface area contributed by atoms with Gasteiger partial charge >= 0.3 is 23.8 Å². The first-order chi connectivity index (χ1) is 9.41. The van der Waals surface area contributed by atoms with E-state index in [1.807, 2.05) is 22.6 Å². The zero-order valence-electron chi connectivity index (χ0n) is 9.47. The minimum absolute atomic E-state index is 0.242. The molecule has 1 aromatic carbocycles. The fourth-order valence-electron chi connectivity index (χ4n) is 1.05. The van der Waals surface area contributed by atoms with E-state index in [0.717, 1.165) is 0 Å². The summed E-state index contributed by atoms with van der Waals surface area (Å²) in [5.74, 6) is -17.1. The van der Waals surface area contributed by atoms with Crippen LogP contribution in [-0.2, 0) is 9.59 Å². The fraction of sp³-hybridized carbons (Fsp3) is 0.200. The number of hydrogen-bond donors (Lipinski definition) is 1. The number of rotatable bonds is 4. The molecule has 1 N–H and O–H groups in total. The van der Waals surface area contributed by atoms with Gasteiger partial charge in [0.2, 0.25) is 0 Å². The van der Waals surface area contributed by atoms with Crippen molar-refractivity contribution in [1.82, 2.24) is 0 Å². The third kappa shape index (κ3) is 3.89. The van der Waals surface area contributed by atoms with Crippen molar-refractivity contribution in [3.63, 3.8) is 0 Å². The quantitative estimate of drug-likeness (QED) is 0.235. The molecule has 0 aliphatic carbocycles. The van der Waals surface area contributed by atoms with E-state index in [2.05, 4.69) is 4.74 Å². The van der Waals surface area contributed by atoms with E-state index in [4.69, 9.17) is 5.11 Å². The van der Waals surface area contributed by atoms with Crippen LogP contribution < -0.4 is 4.74 Å². The number of carboxylic acid groups (broad SMARTS) is 1. The van der Waals surface area contributed by atoms with Crippen molar-refractivity contribution in [1.29, 1.82) is 0 Å². The first-order valence-electron chi connectivity index (χ1n) is 4.77. The molecule has 4 nitrogen and oxygen atoms in total. The Morgan fingerprint density at radius 2 is 1.43 bits per heavy atom. The molecule has 0 fully saturated rings. The topological polar surface area (TPSA) is 63.6 Å². The Bertz CT molecular complexity index is 583. The van der Waals surface area contributed by atoms with Crippen molar-refractivity contribution in [3.05, 3.63) is 22.8 Å². The number of halogens is 7. The van der Waals surface area contributed by atoms with Crippen molar-refractivity contribution in [3.8, 4) is 5.75 Å². The summed E-state index contributed by atoms with van der Waals surface area (Å²) in [6, 6.07) is 2.94. The molecule has 0 amide bonds. The molecule has 0 atom stereocenters. The fourth-order valence-corrected chi connectivity index (χ4v) is 4.85. The van der Waals surface area contributed by atoms with Gasteiger partial charge in [-0.1, -0.05) is 0 Å². The van der Waals surface area contributed by atoms with E-state index in [1.165, 1.54) is 12.1 Å². The summed E-state index contributed by atoms with van der Waals surface area (Å²) >= 11 is 5.27. The molecule has 11 heteroatoms. The molecule has 0 heterocycles. The lowest BCUT2D eigenvalue weighted by molar-refractivity contribution is -0.229. The third-order valence-electron chi connectivity index (χ3n) is 2.08. The number of alkyl halides is 4. The van der Waals surface area contributed by atoms with Crippen LogP contribution in [0.3, 0.4) is 0 Å². The van der Waals surface area contributed by atoms with E-state index < -0.39 is 23.8 Å². The Balaban J connectivity index is 3.15. The molecule has 0 aliphatic rings. The van der Waals surface area contributed by atoms with Crippen molar-refractivity contribution < 1.29 is 37.0 Å². The maximum Gasteiger partial charge on any atom is 0.416 e. The summed E-state index contributed by atoms with van der Waals surface area (Å²) in [4.78, 5) is 21.4. The lowest BCUT2D eigenvalue weighted by Gasteiger charge is -2.21. The summed E-state index contributed by atoms with van der Waals surface area (Å²) < 4.78 is 57.8. The van der Waals surface area contributed by atoms with Crippen molar-refractivity contribution in [2.24, 2.45) is 0 Å². The zero-order valence-corrected chi connectivity index (χ0v) is 15.9. The molecule has 0 saturated heterocycles. The van der Waals surface area contributed by atoms with Crippen molar-refractivity contribution in [2.75, 3.05) is 0 Å². The van der Waals surface area contributed by atoms with Crippen LogP contribution in [0, 0.1) is 10.7 Å². The van der Waals surface area contributed by atoms with E-state index in [9.17, 15) is 27.2 Å². The smallest absolute Gasteiger partial charge is 0.416 e. The Kier molecular flexibility index (Phi) is 6.08. The summed E-state index contributed by atoms with van der Waals surface area (Å²) in [6.07, 6.45) is 0. The predicted octanol–water partition coefficient (Wildman–Crippen LogP) is 3.76. The molecule has 21 heavy (non-hydrogen) atoms. The highest BCUT2D eigenvalue weighted by Gasteiger charge is 2.69. The van der Waals surface area contributed by atoms with E-state index in [-0.39, 0.29) is 12.9 Å². The van der Waals surface area contributed by atoms with Crippen LogP contribution in [0.5, 0.6) is 5.75 Å². The molecule has 0 spiro atoms. The summed E-state index contributed by atoms with van der Waals surface area (Å²) in [7, 11) is 0.